The number of pyridine rings is 1. The fourth-order valence-corrected chi connectivity index (χ4v) is 4.27. The van der Waals surface area contributed by atoms with Crippen LogP contribution in [0.4, 0.5) is 0 Å². The van der Waals surface area contributed by atoms with Crippen LogP contribution in [0.3, 0.4) is 0 Å². The predicted octanol–water partition coefficient (Wildman–Crippen LogP) is 2.82. The zero-order chi connectivity index (χ0) is 19.8. The van der Waals surface area contributed by atoms with E-state index in [1.54, 1.807) is 23.4 Å². The van der Waals surface area contributed by atoms with Gasteiger partial charge in [-0.1, -0.05) is 6.08 Å². The summed E-state index contributed by atoms with van der Waals surface area (Å²) in [5, 5.41) is 1.11. The first-order valence-corrected chi connectivity index (χ1v) is 9.89. The fraction of sp³-hybridized carbons (Fsp3) is 0.318. The van der Waals surface area contributed by atoms with Gasteiger partial charge in [0.1, 0.15) is 11.4 Å². The van der Waals surface area contributed by atoms with E-state index in [9.17, 15) is 9.59 Å². The molecule has 7 heteroatoms. The highest BCUT2D eigenvalue weighted by Crippen LogP contribution is 2.30. The second-order valence-corrected chi connectivity index (χ2v) is 7.62. The molecule has 7 nitrogen and oxygen atoms in total. The van der Waals surface area contributed by atoms with E-state index >= 15 is 0 Å². The number of nitrogens with one attached hydrogen (secondary N) is 1. The molecule has 2 amide bonds. The van der Waals surface area contributed by atoms with Gasteiger partial charge >= 0.3 is 0 Å². The topological polar surface area (TPSA) is 82.4 Å². The van der Waals surface area contributed by atoms with Gasteiger partial charge in [-0.15, -0.1) is 0 Å². The van der Waals surface area contributed by atoms with Crippen LogP contribution in [-0.2, 0) is 16.1 Å². The minimum atomic E-state index is -0.273. The maximum absolute atomic E-state index is 13.0. The van der Waals surface area contributed by atoms with Crippen molar-refractivity contribution in [2.45, 2.75) is 19.4 Å². The maximum Gasteiger partial charge on any atom is 0.228 e. The van der Waals surface area contributed by atoms with Gasteiger partial charge < -0.3 is 19.2 Å². The molecule has 0 saturated carbocycles. The lowest BCUT2D eigenvalue weighted by Crippen LogP contribution is -2.39. The molecule has 2 aliphatic heterocycles. The first-order chi connectivity index (χ1) is 14.2. The first-order valence-electron chi connectivity index (χ1n) is 9.89. The van der Waals surface area contributed by atoms with Crippen LogP contribution in [0.15, 0.2) is 53.4 Å². The van der Waals surface area contributed by atoms with Gasteiger partial charge in [0.15, 0.2) is 0 Å². The molecular weight excluding hydrogens is 368 g/mol. The Hall–Kier alpha value is -3.35. The number of rotatable bonds is 4. The maximum atomic E-state index is 13.0. The van der Waals surface area contributed by atoms with Gasteiger partial charge in [0, 0.05) is 49.4 Å². The molecule has 1 saturated heterocycles. The molecule has 3 aromatic heterocycles. The monoisotopic (exact) mass is 390 g/mol. The second-order valence-electron chi connectivity index (χ2n) is 7.62. The van der Waals surface area contributed by atoms with Crippen LogP contribution in [0.25, 0.3) is 16.6 Å². The Morgan fingerprint density at radius 1 is 1.31 bits per heavy atom. The number of carbonyl (C=O) groups is 2. The lowest BCUT2D eigenvalue weighted by molar-refractivity contribution is -0.135. The van der Waals surface area contributed by atoms with Crippen LogP contribution in [-0.4, -0.2) is 51.2 Å². The van der Waals surface area contributed by atoms with Crippen molar-refractivity contribution in [3.8, 4) is 0 Å². The van der Waals surface area contributed by atoms with Crippen LogP contribution in [0.5, 0.6) is 0 Å². The summed E-state index contributed by atoms with van der Waals surface area (Å²) >= 11 is 0. The molecule has 0 aliphatic carbocycles. The number of furan rings is 1. The first kappa shape index (κ1) is 17.7. The van der Waals surface area contributed by atoms with Gasteiger partial charge in [0.05, 0.1) is 18.7 Å². The predicted molar refractivity (Wildman–Crippen MR) is 107 cm³/mol. The quantitative estimate of drug-likeness (QED) is 0.743. The summed E-state index contributed by atoms with van der Waals surface area (Å²) in [4.78, 5) is 36.4. The second kappa shape index (κ2) is 7.24. The fourth-order valence-electron chi connectivity index (χ4n) is 4.27. The van der Waals surface area contributed by atoms with Crippen molar-refractivity contribution in [3.05, 3.63) is 60.3 Å². The third kappa shape index (κ3) is 3.33. The largest absolute Gasteiger partial charge is 0.467 e. The van der Waals surface area contributed by atoms with E-state index in [-0.39, 0.29) is 24.2 Å². The summed E-state index contributed by atoms with van der Waals surface area (Å²) in [5.74, 6) is 0.547. The van der Waals surface area contributed by atoms with Gasteiger partial charge in [-0.25, -0.2) is 4.98 Å². The lowest BCUT2D eigenvalue weighted by Gasteiger charge is -2.28. The number of carbonyl (C=O) groups excluding carboxylic acids is 2. The Bertz CT molecular complexity index is 1080. The number of nitrogens with zero attached hydrogens (tertiary/aromatic N) is 3. The van der Waals surface area contributed by atoms with Gasteiger partial charge in [0.25, 0.3) is 0 Å². The van der Waals surface area contributed by atoms with Crippen LogP contribution in [0.1, 0.15) is 24.2 Å². The molecule has 5 heterocycles. The molecule has 1 unspecified atom stereocenters. The number of amides is 2. The van der Waals surface area contributed by atoms with Crippen LogP contribution >= 0.6 is 0 Å². The number of H-pyrrole nitrogens is 1. The molecular formula is C22H22N4O3. The van der Waals surface area contributed by atoms with E-state index in [1.165, 1.54) is 5.57 Å². The number of aromatic amines is 1. The van der Waals surface area contributed by atoms with Crippen molar-refractivity contribution in [2.75, 3.05) is 19.6 Å². The lowest BCUT2D eigenvalue weighted by atomic mass is 9.98. The van der Waals surface area contributed by atoms with Gasteiger partial charge in [0.2, 0.25) is 11.8 Å². The van der Waals surface area contributed by atoms with Crippen LogP contribution < -0.4 is 0 Å². The Morgan fingerprint density at radius 3 is 3.03 bits per heavy atom. The Labute approximate surface area is 168 Å². The van der Waals surface area contributed by atoms with Crippen molar-refractivity contribution in [1.82, 2.24) is 19.8 Å². The minimum Gasteiger partial charge on any atom is -0.467 e. The third-order valence-corrected chi connectivity index (χ3v) is 5.81. The summed E-state index contributed by atoms with van der Waals surface area (Å²) in [7, 11) is 0. The summed E-state index contributed by atoms with van der Waals surface area (Å²) in [6.45, 7) is 2.12. The minimum absolute atomic E-state index is 0.0132. The van der Waals surface area contributed by atoms with E-state index in [0.29, 0.717) is 26.2 Å². The third-order valence-electron chi connectivity index (χ3n) is 5.81. The summed E-state index contributed by atoms with van der Waals surface area (Å²) in [6.07, 6.45) is 8.55. The normalized spacial score (nSPS) is 19.8. The average Bonchev–Trinajstić information content (AvgIpc) is 3.49. The molecule has 1 fully saturated rings. The Balaban J connectivity index is 1.25. The molecule has 1 atom stereocenters. The van der Waals surface area contributed by atoms with Crippen molar-refractivity contribution < 1.29 is 14.0 Å². The highest BCUT2D eigenvalue weighted by atomic mass is 16.3. The van der Waals surface area contributed by atoms with Crippen molar-refractivity contribution in [1.29, 1.82) is 0 Å². The molecule has 3 aromatic rings. The average molecular weight is 390 g/mol. The molecule has 0 aromatic carbocycles. The molecule has 2 aliphatic rings. The van der Waals surface area contributed by atoms with E-state index < -0.39 is 0 Å². The van der Waals surface area contributed by atoms with Crippen molar-refractivity contribution >= 4 is 28.4 Å². The van der Waals surface area contributed by atoms with E-state index in [4.69, 9.17) is 4.42 Å². The molecule has 29 heavy (non-hydrogen) atoms. The zero-order valence-electron chi connectivity index (χ0n) is 16.0. The van der Waals surface area contributed by atoms with Gasteiger partial charge in [-0.05, 0) is 36.3 Å². The molecule has 0 bridgehead atoms. The summed E-state index contributed by atoms with van der Waals surface area (Å²) in [6, 6.07) is 7.65. The number of aromatic nitrogens is 2. The smallest absolute Gasteiger partial charge is 0.228 e. The Morgan fingerprint density at radius 2 is 2.24 bits per heavy atom. The SMILES string of the molecule is O=C1CC(C(=O)N2CC=C(c3c[nH]c4ncccc34)CC2)CN1Cc1ccco1. The molecule has 148 valence electrons. The van der Waals surface area contributed by atoms with E-state index in [1.807, 2.05) is 23.2 Å². The van der Waals surface area contributed by atoms with Gasteiger partial charge in [-0.3, -0.25) is 9.59 Å². The van der Waals surface area contributed by atoms with Crippen molar-refractivity contribution in [3.63, 3.8) is 0 Å². The van der Waals surface area contributed by atoms with E-state index in [2.05, 4.69) is 22.1 Å². The summed E-state index contributed by atoms with van der Waals surface area (Å²) in [5.41, 5.74) is 3.26. The zero-order valence-corrected chi connectivity index (χ0v) is 16.0. The highest BCUT2D eigenvalue weighted by Gasteiger charge is 2.37. The highest BCUT2D eigenvalue weighted by molar-refractivity contribution is 5.92. The van der Waals surface area contributed by atoms with Crippen LogP contribution in [0, 0.1) is 5.92 Å². The standard InChI is InChI=1S/C22H22N4O3/c27-20-11-16(13-26(20)14-17-3-2-10-29-17)22(28)25-8-5-15(6-9-25)19-12-24-21-18(19)4-1-7-23-21/h1-5,7,10,12,16H,6,8-9,11,13-14H2,(H,23,24). The number of hydrogen-bond acceptors (Lipinski definition) is 4. The molecule has 5 rings (SSSR count). The molecule has 0 spiro atoms. The van der Waals surface area contributed by atoms with E-state index in [0.717, 1.165) is 28.8 Å². The molecule has 0 radical (unpaired) electrons. The van der Waals surface area contributed by atoms with Crippen molar-refractivity contribution in [2.24, 2.45) is 5.92 Å². The van der Waals surface area contributed by atoms with Crippen LogP contribution in [0.2, 0.25) is 0 Å². The Kier molecular flexibility index (Phi) is 4.42. The number of likely N-dealkylation sites (tertiary alicyclic amines) is 1. The molecule has 1 N–H and O–H groups in total. The number of hydrogen-bond donors (Lipinski definition) is 1. The number of fused-ring (bicyclic) bond motifs is 1. The van der Waals surface area contributed by atoms with Gasteiger partial charge in [-0.2, -0.15) is 0 Å². The summed E-state index contributed by atoms with van der Waals surface area (Å²) < 4.78 is 5.33.